The predicted molar refractivity (Wildman–Crippen MR) is 454 cm³/mol. The second-order valence-electron chi connectivity index (χ2n) is 27.1. The molecule has 3 radical (unpaired) electrons. The van der Waals surface area contributed by atoms with Crippen LogP contribution in [0.15, 0.2) is 340 Å². The fraction of sp³-hybridized carbons (Fsp3) is 0.100. The molecule has 0 aliphatic heterocycles. The van der Waals surface area contributed by atoms with E-state index in [0.717, 1.165) is 73.9 Å². The van der Waals surface area contributed by atoms with Gasteiger partial charge in [-0.1, -0.05) is 178 Å². The minimum atomic E-state index is 0. The second kappa shape index (κ2) is 41.5. The first kappa shape index (κ1) is 85.2. The molecule has 573 valence electrons. The van der Waals surface area contributed by atoms with Crippen molar-refractivity contribution in [3.8, 4) is 101 Å². The van der Waals surface area contributed by atoms with E-state index in [1.165, 1.54) is 83.5 Å². The van der Waals surface area contributed by atoms with Gasteiger partial charge in [-0.25, -0.2) is 0 Å². The maximum Gasteiger partial charge on any atom is 2.00 e. The van der Waals surface area contributed by atoms with Gasteiger partial charge in [0.15, 0.2) is 0 Å². The van der Waals surface area contributed by atoms with Gasteiger partial charge in [0.05, 0.1) is 17.1 Å². The van der Waals surface area contributed by atoms with Crippen LogP contribution in [0.1, 0.15) is 56.4 Å². The van der Waals surface area contributed by atoms with Gasteiger partial charge in [-0.05, 0) is 173 Å². The number of para-hydroxylation sites is 3. The van der Waals surface area contributed by atoms with Gasteiger partial charge in [-0.2, -0.15) is 158 Å². The average Bonchev–Trinajstić information content (AvgIpc) is 1.37. The van der Waals surface area contributed by atoms with Crippen LogP contribution < -0.4 is 0 Å². The third kappa shape index (κ3) is 22.4. The molecule has 0 N–H and O–H groups in total. The summed E-state index contributed by atoms with van der Waals surface area (Å²) in [7, 11) is 0. The quantitative estimate of drug-likeness (QED) is 0.0891. The summed E-state index contributed by atoms with van der Waals surface area (Å²) < 4.78 is 11.1. The molecule has 12 aromatic carbocycles. The normalized spacial score (nSPS) is 10.3. The Kier molecular flexibility index (Phi) is 30.8. The summed E-state index contributed by atoms with van der Waals surface area (Å²) in [5.74, 6) is 0. The van der Waals surface area contributed by atoms with E-state index in [1.807, 2.05) is 180 Å². The zero-order valence-corrected chi connectivity index (χ0v) is 70.6. The summed E-state index contributed by atoms with van der Waals surface area (Å²) in [6, 6.07) is 123. The molecule has 15 heteroatoms. The van der Waals surface area contributed by atoms with Gasteiger partial charge in [-0.3, -0.25) is 28.1 Å². The Balaban J connectivity index is 0.000000149. The molecule has 12 nitrogen and oxygen atoms in total. The fourth-order valence-electron chi connectivity index (χ4n) is 13.5. The largest absolute Gasteiger partial charge is 2.00 e. The minimum absolute atomic E-state index is 0. The zero-order chi connectivity index (χ0) is 77.7. The second-order valence-corrected chi connectivity index (χ2v) is 27.1. The van der Waals surface area contributed by atoms with Crippen molar-refractivity contribution in [2.75, 3.05) is 0 Å². The summed E-state index contributed by atoms with van der Waals surface area (Å²) in [6.07, 6.45) is 11.1. The molecule has 6 aromatic heterocycles. The Labute approximate surface area is 714 Å². The van der Waals surface area contributed by atoms with E-state index in [4.69, 9.17) is 0 Å². The van der Waals surface area contributed by atoms with Crippen LogP contribution in [0.4, 0.5) is 0 Å². The van der Waals surface area contributed by atoms with Crippen molar-refractivity contribution in [3.05, 3.63) is 433 Å². The summed E-state index contributed by atoms with van der Waals surface area (Å²) >= 11 is 0. The molecule has 6 heterocycles. The van der Waals surface area contributed by atoms with E-state index >= 15 is 0 Å². The van der Waals surface area contributed by atoms with Crippen LogP contribution in [0.2, 0.25) is 0 Å². The molecule has 18 aromatic rings. The van der Waals surface area contributed by atoms with Gasteiger partial charge in [0.2, 0.25) is 0 Å². The number of aryl methyl sites for hydroxylation is 10. The predicted octanol–water partition coefficient (Wildman–Crippen LogP) is 23.1. The molecule has 0 amide bonds. The van der Waals surface area contributed by atoms with Gasteiger partial charge in [0.25, 0.3) is 0 Å². The van der Waals surface area contributed by atoms with E-state index in [0.29, 0.717) is 0 Å². The molecule has 0 atom stereocenters. The molecular formula is C100H86N12Rh3. The van der Waals surface area contributed by atoms with Crippen LogP contribution >= 0.6 is 0 Å². The van der Waals surface area contributed by atoms with Gasteiger partial charge in [0, 0.05) is 54.3 Å². The van der Waals surface area contributed by atoms with Crippen molar-refractivity contribution in [2.45, 2.75) is 69.2 Å². The topological polar surface area (TPSA) is 107 Å². The smallest absolute Gasteiger partial charge is 0.266 e. The SMILES string of the molecule is Cc1cc(-c2ccccc2)cc(C)c1-c1c[c-]c(-n2cccn2)cc1.Cc1cc(-c2ccccc2)cc(C)c1-c1c[c-]c(-n2cccn2)cc1.Cc1cc(C)n(-c2[c-]cc(-c3ccc(-c4ccccc4)cc3)cc2)n1.Cc1cc(C)n(-c2[c-]cccc2)n1.Cc1cc(C)n(-c2[c-]cccc2)n1.[Rh+2].[Rh+2].[Rh+2].[c-]1ccccc1-n1cccn1. The van der Waals surface area contributed by atoms with Crippen molar-refractivity contribution < 1.29 is 58.4 Å². The van der Waals surface area contributed by atoms with E-state index < -0.39 is 0 Å². The van der Waals surface area contributed by atoms with Crippen molar-refractivity contribution in [1.29, 1.82) is 0 Å². The molecule has 0 saturated heterocycles. The average molecular weight is 1760 g/mol. The summed E-state index contributed by atoms with van der Waals surface area (Å²) in [6.45, 7) is 20.8. The Morgan fingerprint density at radius 1 is 0.226 bits per heavy atom. The van der Waals surface area contributed by atoms with Crippen LogP contribution in [0.5, 0.6) is 0 Å². The summed E-state index contributed by atoms with van der Waals surface area (Å²) in [5.41, 5.74) is 32.2. The van der Waals surface area contributed by atoms with Gasteiger partial charge < -0.3 is 0 Å². The van der Waals surface area contributed by atoms with Crippen molar-refractivity contribution in [1.82, 2.24) is 58.7 Å². The molecule has 18 rings (SSSR count). The number of rotatable bonds is 12. The molecule has 0 unspecified atom stereocenters. The third-order valence-corrected chi connectivity index (χ3v) is 18.6. The van der Waals surface area contributed by atoms with Crippen LogP contribution in [-0.2, 0) is 58.4 Å². The molecule has 115 heavy (non-hydrogen) atoms. The van der Waals surface area contributed by atoms with Crippen LogP contribution in [-0.4, -0.2) is 58.7 Å². The number of nitrogens with zero attached hydrogens (tertiary/aromatic N) is 12. The van der Waals surface area contributed by atoms with E-state index in [2.05, 4.69) is 302 Å². The first-order valence-electron chi connectivity index (χ1n) is 37.2. The van der Waals surface area contributed by atoms with Gasteiger partial charge >= 0.3 is 58.4 Å². The monoisotopic (exact) mass is 1760 g/mol. The standard InChI is InChI=1S/3C23H19N2.2C11H11N2.C9H7N2.3Rh/c2*1-17-15-21(19-7-4-3-5-8-19)16-18(2)23(17)20-9-11-22(12-10-20)25-14-6-13-24-25;1-17-16-18(2)25(24-17)23-14-12-22(13-15-23)21-10-8-20(9-11-21)19-6-4-3-5-7-19;2*1-9-8-10(2)13(12-9)11-6-4-3-5-7-11;1-2-5-9(6-3-1)11-8-4-7-10-11;;;/h2*3-11,13-16H,1-2H3;3-14,16H,1-2H3;2*3-6,8H,1-2H3;1-5,7-8H;;;/q6*-1;3*+2. The number of hydrogen-bond donors (Lipinski definition) is 0. The third-order valence-electron chi connectivity index (χ3n) is 18.6. The summed E-state index contributed by atoms with van der Waals surface area (Å²) in [4.78, 5) is 0. The van der Waals surface area contributed by atoms with Crippen LogP contribution in [0, 0.1) is 106 Å². The molecule has 0 bridgehead atoms. The van der Waals surface area contributed by atoms with Crippen molar-refractivity contribution >= 4 is 0 Å². The molecule has 0 fully saturated rings. The van der Waals surface area contributed by atoms with Crippen molar-refractivity contribution in [3.63, 3.8) is 0 Å². The Morgan fingerprint density at radius 2 is 0.487 bits per heavy atom. The van der Waals surface area contributed by atoms with E-state index in [1.54, 1.807) is 23.3 Å². The minimum Gasteiger partial charge on any atom is -0.266 e. The molecule has 0 aliphatic carbocycles. The Morgan fingerprint density at radius 3 is 0.765 bits per heavy atom. The first-order valence-corrected chi connectivity index (χ1v) is 37.2. The molecule has 0 spiro atoms. The van der Waals surface area contributed by atoms with Gasteiger partial charge in [-0.15, -0.1) is 53.1 Å². The van der Waals surface area contributed by atoms with E-state index in [-0.39, 0.29) is 58.4 Å². The Hall–Kier alpha value is -12.2. The molecular weight excluding hydrogens is 1680 g/mol. The maximum atomic E-state index is 4.51. The number of aromatic nitrogens is 12. The molecule has 0 saturated carbocycles. The van der Waals surface area contributed by atoms with Crippen molar-refractivity contribution in [2.24, 2.45) is 0 Å². The Bertz CT molecular complexity index is 5620. The maximum absolute atomic E-state index is 4.51. The fourth-order valence-corrected chi connectivity index (χ4v) is 13.5. The van der Waals surface area contributed by atoms with Gasteiger partial charge in [0.1, 0.15) is 0 Å². The van der Waals surface area contributed by atoms with Crippen LogP contribution in [0.25, 0.3) is 101 Å². The van der Waals surface area contributed by atoms with E-state index in [9.17, 15) is 0 Å². The number of hydrogen-bond acceptors (Lipinski definition) is 6. The zero-order valence-electron chi connectivity index (χ0n) is 65.7. The first-order chi connectivity index (χ1) is 54.7. The van der Waals surface area contributed by atoms with Crippen LogP contribution in [0.3, 0.4) is 0 Å². The molecule has 0 aliphatic rings. The summed E-state index contributed by atoms with van der Waals surface area (Å²) in [5, 5.41) is 25.8. The number of benzene rings is 12.